The molecule has 1 saturated carbocycles. The highest BCUT2D eigenvalue weighted by Gasteiger charge is 2.30. The monoisotopic (exact) mass is 429 g/mol. The van der Waals surface area contributed by atoms with Gasteiger partial charge in [0.2, 0.25) is 15.9 Å². The number of hydrogen-bond acceptors (Lipinski definition) is 4. The summed E-state index contributed by atoms with van der Waals surface area (Å²) >= 11 is 0. The Morgan fingerprint density at radius 1 is 1.03 bits per heavy atom. The number of hydrogen-bond donors (Lipinski definition) is 1. The van der Waals surface area contributed by atoms with Crippen molar-refractivity contribution in [2.75, 3.05) is 20.6 Å². The lowest BCUT2D eigenvalue weighted by atomic mass is 10.1. The van der Waals surface area contributed by atoms with Crippen molar-refractivity contribution in [2.24, 2.45) is 0 Å². The molecule has 1 amide bonds. The Kier molecular flexibility index (Phi) is 7.28. The molecular weight excluding hydrogens is 398 g/mol. The van der Waals surface area contributed by atoms with E-state index in [1.165, 1.54) is 29.5 Å². The van der Waals surface area contributed by atoms with Crippen molar-refractivity contribution in [3.8, 4) is 0 Å². The van der Waals surface area contributed by atoms with E-state index >= 15 is 0 Å². The SMILES string of the molecule is CCc1ccc(CN(CC(=O)NCc2ccccc2S(=O)(=O)N(C)C)C2CC2)cc1. The number of rotatable bonds is 10. The quantitative estimate of drug-likeness (QED) is 0.631. The highest BCUT2D eigenvalue weighted by atomic mass is 32.2. The minimum atomic E-state index is -3.56. The number of nitrogens with zero attached hydrogens (tertiary/aromatic N) is 2. The van der Waals surface area contributed by atoms with Gasteiger partial charge in [0.05, 0.1) is 11.4 Å². The highest BCUT2D eigenvalue weighted by Crippen LogP contribution is 2.28. The van der Waals surface area contributed by atoms with Crippen molar-refractivity contribution >= 4 is 15.9 Å². The zero-order valence-electron chi connectivity index (χ0n) is 18.0. The maximum Gasteiger partial charge on any atom is 0.242 e. The van der Waals surface area contributed by atoms with Crippen LogP contribution >= 0.6 is 0 Å². The molecule has 0 bridgehead atoms. The van der Waals surface area contributed by atoms with Gasteiger partial charge in [-0.2, -0.15) is 0 Å². The topological polar surface area (TPSA) is 69.7 Å². The van der Waals surface area contributed by atoms with Gasteiger partial charge in [-0.3, -0.25) is 9.69 Å². The minimum Gasteiger partial charge on any atom is -0.351 e. The van der Waals surface area contributed by atoms with E-state index in [-0.39, 0.29) is 17.3 Å². The summed E-state index contributed by atoms with van der Waals surface area (Å²) in [6.07, 6.45) is 3.24. The van der Waals surface area contributed by atoms with Crippen LogP contribution in [0.2, 0.25) is 0 Å². The Bertz CT molecular complexity index is 967. The summed E-state index contributed by atoms with van der Waals surface area (Å²) in [7, 11) is -0.546. The maximum absolute atomic E-state index is 12.6. The molecule has 0 heterocycles. The Morgan fingerprint density at radius 3 is 2.27 bits per heavy atom. The van der Waals surface area contributed by atoms with E-state index in [0.717, 1.165) is 25.8 Å². The number of benzene rings is 2. The van der Waals surface area contributed by atoms with Crippen molar-refractivity contribution in [1.82, 2.24) is 14.5 Å². The first kappa shape index (κ1) is 22.5. The Morgan fingerprint density at radius 2 is 1.67 bits per heavy atom. The number of carbonyl (C=O) groups excluding carboxylic acids is 1. The number of aryl methyl sites for hydroxylation is 1. The van der Waals surface area contributed by atoms with Crippen LogP contribution in [-0.4, -0.2) is 50.2 Å². The van der Waals surface area contributed by atoms with Gasteiger partial charge >= 0.3 is 0 Å². The molecule has 1 N–H and O–H groups in total. The first-order chi connectivity index (χ1) is 14.3. The molecule has 2 aromatic rings. The summed E-state index contributed by atoms with van der Waals surface area (Å²) < 4.78 is 26.2. The number of nitrogens with one attached hydrogen (secondary N) is 1. The summed E-state index contributed by atoms with van der Waals surface area (Å²) in [6, 6.07) is 15.8. The smallest absolute Gasteiger partial charge is 0.242 e. The summed E-state index contributed by atoms with van der Waals surface area (Å²) in [5.74, 6) is -0.0934. The molecule has 1 aliphatic carbocycles. The van der Waals surface area contributed by atoms with Gasteiger partial charge in [0, 0.05) is 33.2 Å². The zero-order chi connectivity index (χ0) is 21.7. The summed E-state index contributed by atoms with van der Waals surface area (Å²) in [4.78, 5) is 15.1. The lowest BCUT2D eigenvalue weighted by molar-refractivity contribution is -0.122. The first-order valence-corrected chi connectivity index (χ1v) is 11.8. The number of carbonyl (C=O) groups is 1. The van der Waals surface area contributed by atoms with Crippen LogP contribution in [0, 0.1) is 0 Å². The van der Waals surface area contributed by atoms with Gasteiger partial charge in [-0.25, -0.2) is 12.7 Å². The third-order valence-corrected chi connectivity index (χ3v) is 7.35. The van der Waals surface area contributed by atoms with Gasteiger partial charge < -0.3 is 5.32 Å². The van der Waals surface area contributed by atoms with Gasteiger partial charge in [-0.05, 0) is 42.0 Å². The van der Waals surface area contributed by atoms with Crippen molar-refractivity contribution < 1.29 is 13.2 Å². The van der Waals surface area contributed by atoms with Crippen LogP contribution in [0.4, 0.5) is 0 Å². The molecule has 6 nitrogen and oxygen atoms in total. The maximum atomic E-state index is 12.6. The third-order valence-electron chi connectivity index (χ3n) is 5.43. The molecule has 2 aromatic carbocycles. The van der Waals surface area contributed by atoms with Crippen molar-refractivity contribution in [3.05, 3.63) is 65.2 Å². The lowest BCUT2D eigenvalue weighted by Gasteiger charge is -2.22. The van der Waals surface area contributed by atoms with Crippen LogP contribution in [0.5, 0.6) is 0 Å². The normalized spacial score (nSPS) is 14.3. The number of amides is 1. The molecule has 0 aliphatic heterocycles. The van der Waals surface area contributed by atoms with E-state index in [0.29, 0.717) is 18.2 Å². The van der Waals surface area contributed by atoms with Gasteiger partial charge in [-0.1, -0.05) is 49.4 Å². The zero-order valence-corrected chi connectivity index (χ0v) is 18.8. The van der Waals surface area contributed by atoms with E-state index in [4.69, 9.17) is 0 Å². The molecule has 0 saturated heterocycles. The molecule has 0 spiro atoms. The molecule has 0 unspecified atom stereocenters. The highest BCUT2D eigenvalue weighted by molar-refractivity contribution is 7.89. The fraction of sp³-hybridized carbons (Fsp3) is 0.435. The molecule has 0 radical (unpaired) electrons. The van der Waals surface area contributed by atoms with Crippen LogP contribution in [-0.2, 0) is 34.3 Å². The molecule has 162 valence electrons. The second-order valence-electron chi connectivity index (χ2n) is 7.98. The van der Waals surface area contributed by atoms with E-state index in [2.05, 4.69) is 41.4 Å². The lowest BCUT2D eigenvalue weighted by Crippen LogP contribution is -2.38. The molecule has 0 atom stereocenters. The molecule has 1 fully saturated rings. The second-order valence-corrected chi connectivity index (χ2v) is 10.1. The largest absolute Gasteiger partial charge is 0.351 e. The van der Waals surface area contributed by atoms with E-state index < -0.39 is 10.0 Å². The van der Waals surface area contributed by atoms with Crippen molar-refractivity contribution in [1.29, 1.82) is 0 Å². The summed E-state index contributed by atoms with van der Waals surface area (Å²) in [5.41, 5.74) is 3.10. The molecule has 7 heteroatoms. The second kappa shape index (κ2) is 9.73. The van der Waals surface area contributed by atoms with Crippen LogP contribution in [0.25, 0.3) is 0 Å². The van der Waals surface area contributed by atoms with E-state index in [9.17, 15) is 13.2 Å². The van der Waals surface area contributed by atoms with E-state index in [1.54, 1.807) is 24.3 Å². The van der Waals surface area contributed by atoms with Crippen molar-refractivity contribution in [3.63, 3.8) is 0 Å². The van der Waals surface area contributed by atoms with Crippen LogP contribution in [0.3, 0.4) is 0 Å². The fourth-order valence-corrected chi connectivity index (χ4v) is 4.52. The molecular formula is C23H31N3O3S. The standard InChI is InChI=1S/C23H31N3O3S/c1-4-18-9-11-19(12-10-18)16-26(21-13-14-21)17-23(27)24-15-20-7-5-6-8-22(20)30(28,29)25(2)3/h5-12,21H,4,13-17H2,1-3H3,(H,24,27). The molecule has 0 aromatic heterocycles. The average Bonchev–Trinajstić information content (AvgIpc) is 3.58. The molecule has 30 heavy (non-hydrogen) atoms. The Labute approximate surface area is 179 Å². The predicted molar refractivity (Wildman–Crippen MR) is 118 cm³/mol. The van der Waals surface area contributed by atoms with Crippen LogP contribution in [0.15, 0.2) is 53.4 Å². The molecule has 1 aliphatic rings. The van der Waals surface area contributed by atoms with Gasteiger partial charge in [-0.15, -0.1) is 0 Å². The first-order valence-electron chi connectivity index (χ1n) is 10.4. The Hall–Kier alpha value is -2.22. The summed E-state index contributed by atoms with van der Waals surface area (Å²) in [5, 5.41) is 2.90. The minimum absolute atomic E-state index is 0.0934. The summed E-state index contributed by atoms with van der Waals surface area (Å²) in [6.45, 7) is 3.38. The van der Waals surface area contributed by atoms with Crippen molar-refractivity contribution in [2.45, 2.75) is 50.2 Å². The van der Waals surface area contributed by atoms with Gasteiger partial charge in [0.25, 0.3) is 0 Å². The Balaban J connectivity index is 1.62. The molecule has 3 rings (SSSR count). The number of sulfonamides is 1. The van der Waals surface area contributed by atoms with Gasteiger partial charge in [0.1, 0.15) is 0 Å². The third kappa shape index (κ3) is 5.68. The fourth-order valence-electron chi connectivity index (χ4n) is 3.40. The van der Waals surface area contributed by atoms with Gasteiger partial charge in [0.15, 0.2) is 0 Å². The van der Waals surface area contributed by atoms with Crippen LogP contribution in [0.1, 0.15) is 36.5 Å². The van der Waals surface area contributed by atoms with E-state index in [1.807, 2.05) is 0 Å². The van der Waals surface area contributed by atoms with Crippen LogP contribution < -0.4 is 5.32 Å². The average molecular weight is 430 g/mol. The predicted octanol–water partition coefficient (Wildman–Crippen LogP) is 2.78.